The summed E-state index contributed by atoms with van der Waals surface area (Å²) in [5, 5.41) is 11.3. The smallest absolute Gasteiger partial charge is 0.295 e. The Hall–Kier alpha value is -3.58. The Kier molecular flexibility index (Phi) is 9.09. The van der Waals surface area contributed by atoms with E-state index in [0.29, 0.717) is 48.9 Å². The SMILES string of the molecule is C=CCOc1ccc(/C(O)=C2\C(=O)C(=O)N(CCN(CC)CC)C2c2ccccc2OCC)cc1. The number of Topliss-reactive ketones (excluding diaryl/α,β-unsaturated/α-hetero) is 1. The summed E-state index contributed by atoms with van der Waals surface area (Å²) in [5.41, 5.74) is 1.15. The van der Waals surface area contributed by atoms with Gasteiger partial charge in [-0.15, -0.1) is 0 Å². The Balaban J connectivity index is 2.09. The van der Waals surface area contributed by atoms with Crippen LogP contribution in [0.5, 0.6) is 11.5 Å². The summed E-state index contributed by atoms with van der Waals surface area (Å²) in [6.45, 7) is 13.0. The third kappa shape index (κ3) is 5.74. The lowest BCUT2D eigenvalue weighted by Gasteiger charge is -2.29. The van der Waals surface area contributed by atoms with E-state index in [1.165, 1.54) is 0 Å². The normalized spacial score (nSPS) is 17.1. The number of benzene rings is 2. The third-order valence-corrected chi connectivity index (χ3v) is 6.10. The number of amides is 1. The molecule has 0 bridgehead atoms. The molecular weight excluding hydrogens is 444 g/mol. The zero-order valence-corrected chi connectivity index (χ0v) is 20.7. The molecule has 1 aliphatic rings. The van der Waals surface area contributed by atoms with Crippen molar-refractivity contribution < 1.29 is 24.2 Å². The van der Waals surface area contributed by atoms with Crippen molar-refractivity contribution in [2.24, 2.45) is 0 Å². The maximum absolute atomic E-state index is 13.3. The summed E-state index contributed by atoms with van der Waals surface area (Å²) >= 11 is 0. The van der Waals surface area contributed by atoms with E-state index in [0.717, 1.165) is 13.1 Å². The van der Waals surface area contributed by atoms with E-state index in [1.807, 2.05) is 31.2 Å². The number of nitrogens with zero attached hydrogens (tertiary/aromatic N) is 2. The minimum Gasteiger partial charge on any atom is -0.507 e. The molecule has 3 rings (SSSR count). The molecule has 186 valence electrons. The Labute approximate surface area is 207 Å². The Morgan fingerprint density at radius 2 is 1.74 bits per heavy atom. The maximum Gasteiger partial charge on any atom is 0.295 e. The number of para-hydroxylation sites is 1. The number of carbonyl (C=O) groups excluding carboxylic acids is 2. The monoisotopic (exact) mass is 478 g/mol. The second kappa shape index (κ2) is 12.2. The second-order valence-corrected chi connectivity index (χ2v) is 8.11. The van der Waals surface area contributed by atoms with Crippen LogP contribution in [0.15, 0.2) is 66.8 Å². The largest absolute Gasteiger partial charge is 0.507 e. The highest BCUT2D eigenvalue weighted by atomic mass is 16.5. The highest BCUT2D eigenvalue weighted by molar-refractivity contribution is 6.46. The van der Waals surface area contributed by atoms with Crippen molar-refractivity contribution >= 4 is 17.4 Å². The van der Waals surface area contributed by atoms with Gasteiger partial charge in [0, 0.05) is 24.2 Å². The van der Waals surface area contributed by atoms with Gasteiger partial charge in [-0.1, -0.05) is 44.7 Å². The van der Waals surface area contributed by atoms with E-state index in [4.69, 9.17) is 9.47 Å². The fourth-order valence-corrected chi connectivity index (χ4v) is 4.24. The zero-order valence-electron chi connectivity index (χ0n) is 20.7. The van der Waals surface area contributed by atoms with E-state index in [1.54, 1.807) is 35.2 Å². The first-order valence-electron chi connectivity index (χ1n) is 12.0. The van der Waals surface area contributed by atoms with Gasteiger partial charge >= 0.3 is 0 Å². The van der Waals surface area contributed by atoms with Crippen LogP contribution in [-0.2, 0) is 9.59 Å². The molecule has 0 aliphatic carbocycles. The van der Waals surface area contributed by atoms with Crippen LogP contribution >= 0.6 is 0 Å². The summed E-state index contributed by atoms with van der Waals surface area (Å²) < 4.78 is 11.3. The Morgan fingerprint density at radius 1 is 1.06 bits per heavy atom. The number of likely N-dealkylation sites (tertiary alicyclic amines) is 1. The van der Waals surface area contributed by atoms with Gasteiger partial charge < -0.3 is 24.4 Å². The van der Waals surface area contributed by atoms with Crippen molar-refractivity contribution in [3.05, 3.63) is 77.9 Å². The van der Waals surface area contributed by atoms with E-state index < -0.39 is 17.7 Å². The van der Waals surface area contributed by atoms with Crippen LogP contribution in [0.3, 0.4) is 0 Å². The van der Waals surface area contributed by atoms with Crippen molar-refractivity contribution in [3.63, 3.8) is 0 Å². The van der Waals surface area contributed by atoms with E-state index in [-0.39, 0.29) is 11.3 Å². The van der Waals surface area contributed by atoms with Crippen molar-refractivity contribution in [3.8, 4) is 11.5 Å². The van der Waals surface area contributed by atoms with E-state index >= 15 is 0 Å². The number of ether oxygens (including phenoxy) is 2. The third-order valence-electron chi connectivity index (χ3n) is 6.10. The topological polar surface area (TPSA) is 79.3 Å². The highest BCUT2D eigenvalue weighted by Crippen LogP contribution is 2.42. The predicted octanol–water partition coefficient (Wildman–Crippen LogP) is 4.41. The van der Waals surface area contributed by atoms with Gasteiger partial charge in [0.05, 0.1) is 18.2 Å². The number of rotatable bonds is 12. The maximum atomic E-state index is 13.3. The molecule has 1 fully saturated rings. The highest BCUT2D eigenvalue weighted by Gasteiger charge is 2.46. The van der Waals surface area contributed by atoms with Crippen LogP contribution in [0, 0.1) is 0 Å². The van der Waals surface area contributed by atoms with E-state index in [9.17, 15) is 14.7 Å². The zero-order chi connectivity index (χ0) is 25.4. The van der Waals surface area contributed by atoms with Gasteiger partial charge in [-0.25, -0.2) is 0 Å². The molecule has 1 saturated heterocycles. The van der Waals surface area contributed by atoms with Crippen LogP contribution in [0.4, 0.5) is 0 Å². The van der Waals surface area contributed by atoms with Gasteiger partial charge in [-0.3, -0.25) is 9.59 Å². The number of ketones is 1. The fourth-order valence-electron chi connectivity index (χ4n) is 4.24. The van der Waals surface area contributed by atoms with Crippen molar-refractivity contribution in [2.45, 2.75) is 26.8 Å². The average Bonchev–Trinajstić information content (AvgIpc) is 3.13. The van der Waals surface area contributed by atoms with Crippen LogP contribution in [0.2, 0.25) is 0 Å². The van der Waals surface area contributed by atoms with Gasteiger partial charge in [0.25, 0.3) is 11.7 Å². The lowest BCUT2D eigenvalue weighted by Crippen LogP contribution is -2.38. The molecule has 35 heavy (non-hydrogen) atoms. The van der Waals surface area contributed by atoms with Crippen molar-refractivity contribution in [1.82, 2.24) is 9.80 Å². The summed E-state index contributed by atoms with van der Waals surface area (Å²) in [6.07, 6.45) is 1.64. The molecule has 7 heteroatoms. The summed E-state index contributed by atoms with van der Waals surface area (Å²) in [4.78, 5) is 30.2. The number of aliphatic hydroxyl groups excluding tert-OH is 1. The van der Waals surface area contributed by atoms with Crippen LogP contribution in [-0.4, -0.2) is 66.0 Å². The molecule has 1 heterocycles. The minimum atomic E-state index is -0.759. The summed E-state index contributed by atoms with van der Waals surface area (Å²) in [6, 6.07) is 13.3. The fraction of sp³-hybridized carbons (Fsp3) is 0.357. The molecule has 0 spiro atoms. The molecule has 1 N–H and O–H groups in total. The predicted molar refractivity (Wildman–Crippen MR) is 137 cm³/mol. The number of hydrogen-bond acceptors (Lipinski definition) is 6. The summed E-state index contributed by atoms with van der Waals surface area (Å²) in [5.74, 6) is -0.361. The molecular formula is C28H34N2O5. The molecule has 1 atom stereocenters. The molecule has 1 unspecified atom stereocenters. The molecule has 2 aromatic rings. The number of likely N-dealkylation sites (N-methyl/N-ethyl adjacent to an activating group) is 1. The van der Waals surface area contributed by atoms with Crippen LogP contribution in [0.25, 0.3) is 5.76 Å². The number of hydrogen-bond donors (Lipinski definition) is 1. The minimum absolute atomic E-state index is 0.0569. The second-order valence-electron chi connectivity index (χ2n) is 8.11. The van der Waals surface area contributed by atoms with Gasteiger partial charge in [-0.2, -0.15) is 0 Å². The molecule has 2 aromatic carbocycles. The average molecular weight is 479 g/mol. The van der Waals surface area contributed by atoms with Crippen LogP contribution in [0.1, 0.15) is 37.9 Å². The van der Waals surface area contributed by atoms with E-state index in [2.05, 4.69) is 25.3 Å². The molecule has 0 saturated carbocycles. The molecule has 0 aromatic heterocycles. The van der Waals surface area contributed by atoms with Gasteiger partial charge in [0.15, 0.2) is 0 Å². The molecule has 1 amide bonds. The lowest BCUT2D eigenvalue weighted by molar-refractivity contribution is -0.140. The van der Waals surface area contributed by atoms with Gasteiger partial charge in [0.2, 0.25) is 0 Å². The first-order chi connectivity index (χ1) is 17.0. The quantitative estimate of drug-likeness (QED) is 0.211. The van der Waals surface area contributed by atoms with Crippen LogP contribution < -0.4 is 9.47 Å². The Bertz CT molecular complexity index is 1070. The van der Waals surface area contributed by atoms with Gasteiger partial charge in [0.1, 0.15) is 23.9 Å². The standard InChI is InChI=1S/C28H34N2O5/c1-5-19-35-21-15-13-20(14-16-21)26(31)24-25(22-11-9-10-12-23(22)34-8-4)30(28(33)27(24)32)18-17-29(6-2)7-3/h5,9-16,25,31H,1,6-8,17-19H2,2-4H3/b26-24+. The molecule has 7 nitrogen and oxygen atoms in total. The molecule has 0 radical (unpaired) electrons. The lowest BCUT2D eigenvalue weighted by atomic mass is 9.94. The number of carbonyl (C=O) groups is 2. The van der Waals surface area contributed by atoms with Gasteiger partial charge in [-0.05, 0) is 50.3 Å². The molecule has 1 aliphatic heterocycles. The first kappa shape index (κ1) is 26.0. The summed E-state index contributed by atoms with van der Waals surface area (Å²) in [7, 11) is 0. The van der Waals surface area contributed by atoms with Crippen molar-refractivity contribution in [2.75, 3.05) is 39.4 Å². The first-order valence-corrected chi connectivity index (χ1v) is 12.0. The number of aliphatic hydroxyl groups is 1. The van der Waals surface area contributed by atoms with Crippen molar-refractivity contribution in [1.29, 1.82) is 0 Å². The Morgan fingerprint density at radius 3 is 2.37 bits per heavy atom.